The Morgan fingerprint density at radius 1 is 1.05 bits per heavy atom. The molecule has 37 heavy (non-hydrogen) atoms. The first-order valence-electron chi connectivity index (χ1n) is 11.4. The summed E-state index contributed by atoms with van der Waals surface area (Å²) in [6.45, 7) is 0. The summed E-state index contributed by atoms with van der Waals surface area (Å²) in [4.78, 5) is 16.9. The predicted octanol–water partition coefficient (Wildman–Crippen LogP) is 3.60. The number of rotatable bonds is 5. The van der Waals surface area contributed by atoms with Crippen molar-refractivity contribution < 1.29 is 39.9 Å². The topological polar surface area (TPSA) is 146 Å². The number of aliphatic carboxylic acids is 1. The minimum absolute atomic E-state index is 0.0245. The number of alkyl halides is 3. The standard InChI is InChI=1S/C21H23N3O4S2.C2HF3O2/c25-29(26)11-8-16(9-12-29)24-30(27,28)17-5-3-14(4-6-17)18-7-10-22-21-19(18)13-20(23-21)15-1-2-15;3-2(4,5)1(6)7/h3-7,10,13,15-16,24H,1-2,8-9,11-12H2,(H,22,23);(H,6,7). The van der Waals surface area contributed by atoms with Gasteiger partial charge in [0, 0.05) is 23.3 Å². The number of aromatic nitrogens is 2. The monoisotopic (exact) mass is 559 g/mol. The summed E-state index contributed by atoms with van der Waals surface area (Å²) in [5.74, 6) is -2.11. The van der Waals surface area contributed by atoms with Crippen molar-refractivity contribution in [2.75, 3.05) is 11.5 Å². The van der Waals surface area contributed by atoms with Crippen molar-refractivity contribution in [1.29, 1.82) is 0 Å². The van der Waals surface area contributed by atoms with Gasteiger partial charge in [0.25, 0.3) is 0 Å². The third-order valence-corrected chi connectivity index (χ3v) is 9.42. The summed E-state index contributed by atoms with van der Waals surface area (Å²) in [6.07, 6.45) is -0.297. The van der Waals surface area contributed by atoms with Gasteiger partial charge in [0.1, 0.15) is 15.5 Å². The summed E-state index contributed by atoms with van der Waals surface area (Å²) in [7, 11) is -6.73. The van der Waals surface area contributed by atoms with Crippen LogP contribution in [0.25, 0.3) is 22.2 Å². The quantitative estimate of drug-likeness (QED) is 0.433. The lowest BCUT2D eigenvalue weighted by Crippen LogP contribution is -2.40. The highest BCUT2D eigenvalue weighted by atomic mass is 32.2. The second kappa shape index (κ2) is 10.1. The maximum Gasteiger partial charge on any atom is 0.490 e. The van der Waals surface area contributed by atoms with Gasteiger partial charge in [0.05, 0.1) is 16.4 Å². The molecule has 200 valence electrons. The van der Waals surface area contributed by atoms with Crippen LogP contribution in [0.15, 0.2) is 47.5 Å². The molecule has 2 fully saturated rings. The molecule has 2 aromatic heterocycles. The number of halogens is 3. The molecule has 1 aliphatic carbocycles. The molecule has 0 unspecified atom stereocenters. The Hall–Kier alpha value is -2.97. The molecule has 5 rings (SSSR count). The summed E-state index contributed by atoms with van der Waals surface area (Å²) >= 11 is 0. The zero-order chi connectivity index (χ0) is 27.0. The SMILES string of the molecule is O=C(O)C(F)(F)F.O=S1(=O)CCC(NS(=O)(=O)c2ccc(-c3ccnc4[nH]c(C5CC5)cc34)cc2)CC1. The van der Waals surface area contributed by atoms with E-state index in [2.05, 4.69) is 20.8 Å². The third-order valence-electron chi connectivity index (χ3n) is 6.16. The van der Waals surface area contributed by atoms with Crippen molar-refractivity contribution in [2.45, 2.75) is 48.7 Å². The molecule has 1 saturated heterocycles. The van der Waals surface area contributed by atoms with E-state index in [9.17, 15) is 30.0 Å². The number of hydrogen-bond donors (Lipinski definition) is 3. The number of carboxylic acid groups (broad SMARTS) is 1. The molecule has 2 aliphatic rings. The van der Waals surface area contributed by atoms with E-state index in [0.717, 1.165) is 22.2 Å². The van der Waals surface area contributed by atoms with E-state index in [4.69, 9.17) is 9.90 Å². The van der Waals surface area contributed by atoms with Crippen molar-refractivity contribution in [3.05, 3.63) is 48.3 Å². The van der Waals surface area contributed by atoms with Crippen LogP contribution in [0.5, 0.6) is 0 Å². The van der Waals surface area contributed by atoms with Crippen molar-refractivity contribution in [2.24, 2.45) is 0 Å². The van der Waals surface area contributed by atoms with E-state index in [-0.39, 0.29) is 22.4 Å². The van der Waals surface area contributed by atoms with Gasteiger partial charge in [0.2, 0.25) is 10.0 Å². The Morgan fingerprint density at radius 2 is 1.65 bits per heavy atom. The minimum atomic E-state index is -5.08. The molecule has 0 atom stereocenters. The molecule has 1 saturated carbocycles. The molecule has 0 spiro atoms. The number of fused-ring (bicyclic) bond motifs is 1. The molecule has 0 radical (unpaired) electrons. The van der Waals surface area contributed by atoms with E-state index in [1.807, 2.05) is 6.07 Å². The van der Waals surface area contributed by atoms with Gasteiger partial charge in [-0.25, -0.2) is 31.3 Å². The number of carbonyl (C=O) groups is 1. The predicted molar refractivity (Wildman–Crippen MR) is 129 cm³/mol. The highest BCUT2D eigenvalue weighted by molar-refractivity contribution is 7.91. The Labute approximate surface area is 211 Å². The first-order valence-corrected chi connectivity index (χ1v) is 14.7. The lowest BCUT2D eigenvalue weighted by molar-refractivity contribution is -0.192. The number of sulfone groups is 1. The van der Waals surface area contributed by atoms with Crippen LogP contribution in [0.3, 0.4) is 0 Å². The van der Waals surface area contributed by atoms with Crippen molar-refractivity contribution in [3.63, 3.8) is 0 Å². The van der Waals surface area contributed by atoms with E-state index in [0.29, 0.717) is 18.8 Å². The average Bonchev–Trinajstić information content (AvgIpc) is 3.58. The summed E-state index contributed by atoms with van der Waals surface area (Å²) < 4.78 is 83.0. The molecule has 3 N–H and O–H groups in total. The number of H-pyrrole nitrogens is 1. The lowest BCUT2D eigenvalue weighted by atomic mass is 10.0. The number of benzene rings is 1. The van der Waals surface area contributed by atoms with Crippen molar-refractivity contribution in [1.82, 2.24) is 14.7 Å². The van der Waals surface area contributed by atoms with Crippen LogP contribution in [0.4, 0.5) is 13.2 Å². The van der Waals surface area contributed by atoms with E-state index in [1.165, 1.54) is 18.5 Å². The second-order valence-corrected chi connectivity index (χ2v) is 13.0. The number of pyridine rings is 1. The minimum Gasteiger partial charge on any atom is -0.475 e. The maximum absolute atomic E-state index is 12.7. The normalized spacial score (nSPS) is 18.2. The van der Waals surface area contributed by atoms with Gasteiger partial charge in [-0.15, -0.1) is 0 Å². The van der Waals surface area contributed by atoms with Gasteiger partial charge in [-0.1, -0.05) is 12.1 Å². The number of nitrogens with zero attached hydrogens (tertiary/aromatic N) is 1. The molecule has 1 aromatic carbocycles. The molecular weight excluding hydrogens is 535 g/mol. The van der Waals surface area contributed by atoms with Crippen LogP contribution in [0.1, 0.15) is 37.3 Å². The number of hydrogen-bond acceptors (Lipinski definition) is 6. The van der Waals surface area contributed by atoms with Gasteiger partial charge in [-0.2, -0.15) is 13.2 Å². The van der Waals surface area contributed by atoms with E-state index < -0.39 is 32.0 Å². The zero-order valence-electron chi connectivity index (χ0n) is 19.3. The number of nitrogens with one attached hydrogen (secondary N) is 2. The van der Waals surface area contributed by atoms with Crippen LogP contribution in [-0.4, -0.2) is 61.6 Å². The summed E-state index contributed by atoms with van der Waals surface area (Å²) in [5, 5.41) is 8.16. The van der Waals surface area contributed by atoms with E-state index in [1.54, 1.807) is 30.5 Å². The van der Waals surface area contributed by atoms with Gasteiger partial charge >= 0.3 is 12.1 Å². The average molecular weight is 560 g/mol. The number of aromatic amines is 1. The molecule has 0 bridgehead atoms. The highest BCUT2D eigenvalue weighted by Gasteiger charge is 2.38. The second-order valence-electron chi connectivity index (χ2n) is 8.99. The molecule has 0 amide bonds. The highest BCUT2D eigenvalue weighted by Crippen LogP contribution is 2.41. The van der Waals surface area contributed by atoms with Crippen LogP contribution in [0, 0.1) is 0 Å². The Bertz CT molecular complexity index is 1500. The van der Waals surface area contributed by atoms with Crippen molar-refractivity contribution in [3.8, 4) is 11.1 Å². The molecule has 3 aromatic rings. The van der Waals surface area contributed by atoms with Crippen LogP contribution < -0.4 is 4.72 Å². The Morgan fingerprint density at radius 3 is 2.19 bits per heavy atom. The zero-order valence-corrected chi connectivity index (χ0v) is 21.0. The maximum atomic E-state index is 12.7. The van der Waals surface area contributed by atoms with E-state index >= 15 is 0 Å². The number of carboxylic acids is 1. The van der Waals surface area contributed by atoms with Gasteiger partial charge in [-0.3, -0.25) is 0 Å². The molecule has 14 heteroatoms. The Kier molecular flexibility index (Phi) is 7.36. The fourth-order valence-electron chi connectivity index (χ4n) is 4.02. The first-order chi connectivity index (χ1) is 17.2. The molecule has 3 heterocycles. The Balaban J connectivity index is 0.000000405. The third kappa shape index (κ3) is 6.67. The van der Waals surface area contributed by atoms with Crippen LogP contribution in [0.2, 0.25) is 0 Å². The number of sulfonamides is 1. The first kappa shape index (κ1) is 27.1. The smallest absolute Gasteiger partial charge is 0.475 e. The van der Waals surface area contributed by atoms with Gasteiger partial charge in [-0.05, 0) is 67.0 Å². The van der Waals surface area contributed by atoms with Gasteiger partial charge < -0.3 is 10.1 Å². The van der Waals surface area contributed by atoms with Crippen molar-refractivity contribution >= 4 is 36.9 Å². The largest absolute Gasteiger partial charge is 0.490 e. The molecule has 1 aliphatic heterocycles. The van der Waals surface area contributed by atoms with Crippen LogP contribution >= 0.6 is 0 Å². The summed E-state index contributed by atoms with van der Waals surface area (Å²) in [6, 6.07) is 10.5. The molecule has 9 nitrogen and oxygen atoms in total. The fourth-order valence-corrected chi connectivity index (χ4v) is 6.82. The fraction of sp³-hybridized carbons (Fsp3) is 0.391. The lowest BCUT2D eigenvalue weighted by Gasteiger charge is -2.22. The summed E-state index contributed by atoms with van der Waals surface area (Å²) in [5.41, 5.74) is 3.99. The van der Waals surface area contributed by atoms with Gasteiger partial charge in [0.15, 0.2) is 0 Å². The van der Waals surface area contributed by atoms with Crippen LogP contribution in [-0.2, 0) is 24.7 Å². The molecular formula is C23H24F3N3O6S2.